The Morgan fingerprint density at radius 3 is 2.59 bits per heavy atom. The van der Waals surface area contributed by atoms with Crippen molar-refractivity contribution in [2.75, 3.05) is 12.4 Å². The third-order valence-electron chi connectivity index (χ3n) is 6.90. The van der Waals surface area contributed by atoms with Crippen LogP contribution in [0.15, 0.2) is 64.4 Å². The van der Waals surface area contributed by atoms with Gasteiger partial charge in [0, 0.05) is 17.3 Å². The average molecular weight is 533 g/mol. The number of hydrogen-bond donors (Lipinski definition) is 1. The molecule has 1 aliphatic carbocycles. The fourth-order valence-electron chi connectivity index (χ4n) is 4.84. The van der Waals surface area contributed by atoms with Crippen LogP contribution in [0.2, 0.25) is 0 Å². The molecular weight excluding hydrogens is 500 g/mol. The van der Waals surface area contributed by atoms with Crippen LogP contribution in [0.1, 0.15) is 60.7 Å². The Bertz CT molecular complexity index is 1300. The molecule has 2 aliphatic rings. The van der Waals surface area contributed by atoms with Gasteiger partial charge in [-0.2, -0.15) is 5.10 Å². The number of nitrogens with zero attached hydrogens (tertiary/aromatic N) is 3. The monoisotopic (exact) mass is 532 g/mol. The van der Waals surface area contributed by atoms with Gasteiger partial charge in [0.05, 0.1) is 31.7 Å². The summed E-state index contributed by atoms with van der Waals surface area (Å²) in [5.74, 6) is 1.10. The fourth-order valence-corrected chi connectivity index (χ4v) is 4.84. The molecule has 0 spiro atoms. The van der Waals surface area contributed by atoms with E-state index in [-0.39, 0.29) is 23.9 Å². The van der Waals surface area contributed by atoms with Crippen molar-refractivity contribution in [2.24, 2.45) is 5.10 Å². The summed E-state index contributed by atoms with van der Waals surface area (Å²) in [5.41, 5.74) is 3.08. The van der Waals surface area contributed by atoms with E-state index in [0.717, 1.165) is 36.0 Å². The van der Waals surface area contributed by atoms with Crippen LogP contribution < -0.4 is 14.8 Å². The molecule has 1 amide bonds. The van der Waals surface area contributed by atoms with E-state index in [0.29, 0.717) is 30.2 Å². The molecule has 2 atom stereocenters. The predicted octanol–water partition coefficient (Wildman–Crippen LogP) is 4.80. The third-order valence-corrected chi connectivity index (χ3v) is 6.90. The van der Waals surface area contributed by atoms with E-state index in [1.807, 2.05) is 37.3 Å². The Morgan fingerprint density at radius 2 is 1.92 bits per heavy atom. The molecule has 0 bridgehead atoms. The molecule has 5 rings (SSSR count). The fraction of sp³-hybridized carbons (Fsp3) is 0.379. The van der Waals surface area contributed by atoms with Crippen LogP contribution >= 0.6 is 0 Å². The molecule has 39 heavy (non-hydrogen) atoms. The van der Waals surface area contributed by atoms with Crippen LogP contribution in [0.5, 0.6) is 11.5 Å². The first-order valence-corrected chi connectivity index (χ1v) is 13.2. The van der Waals surface area contributed by atoms with E-state index in [1.165, 1.54) is 25.1 Å². The van der Waals surface area contributed by atoms with Crippen LogP contribution in [0.3, 0.4) is 0 Å². The van der Waals surface area contributed by atoms with Gasteiger partial charge in [0.2, 0.25) is 12.0 Å². The highest BCUT2D eigenvalue weighted by atomic mass is 16.5. The van der Waals surface area contributed by atoms with E-state index in [9.17, 15) is 9.59 Å². The molecule has 0 saturated heterocycles. The number of hydrogen-bond acceptors (Lipinski definition) is 9. The van der Waals surface area contributed by atoms with Gasteiger partial charge in [0.15, 0.2) is 17.8 Å². The summed E-state index contributed by atoms with van der Waals surface area (Å²) in [7, 11) is 1.63. The zero-order valence-electron chi connectivity index (χ0n) is 22.0. The second kappa shape index (κ2) is 12.1. The molecule has 1 saturated carbocycles. The van der Waals surface area contributed by atoms with Crippen molar-refractivity contribution < 1.29 is 28.3 Å². The van der Waals surface area contributed by atoms with Gasteiger partial charge in [-0.3, -0.25) is 14.6 Å². The summed E-state index contributed by atoms with van der Waals surface area (Å²) in [6, 6.07) is 14.5. The summed E-state index contributed by atoms with van der Waals surface area (Å²) in [5, 5.41) is 12.8. The van der Waals surface area contributed by atoms with Crippen molar-refractivity contribution in [2.45, 2.75) is 64.0 Å². The highest BCUT2D eigenvalue weighted by Crippen LogP contribution is 2.34. The van der Waals surface area contributed by atoms with Crippen LogP contribution in [0.4, 0.5) is 5.69 Å². The van der Waals surface area contributed by atoms with Gasteiger partial charge in [-0.15, -0.1) is 0 Å². The third kappa shape index (κ3) is 6.12. The van der Waals surface area contributed by atoms with Crippen molar-refractivity contribution in [3.63, 3.8) is 0 Å². The van der Waals surface area contributed by atoms with Crippen LogP contribution in [0.25, 0.3) is 0 Å². The number of methoxy groups -OCH3 is 1. The molecule has 2 heterocycles. The summed E-state index contributed by atoms with van der Waals surface area (Å²) in [4.78, 5) is 24.2. The number of ether oxygens (including phenoxy) is 3. The molecule has 204 valence electrons. The maximum Gasteiger partial charge on any atom is 0.294 e. The van der Waals surface area contributed by atoms with E-state index >= 15 is 0 Å². The highest BCUT2D eigenvalue weighted by Gasteiger charge is 2.32. The number of carbonyl (C=O) groups is 2. The maximum absolute atomic E-state index is 12.2. The van der Waals surface area contributed by atoms with E-state index in [2.05, 4.69) is 10.5 Å². The lowest BCUT2D eigenvalue weighted by Crippen LogP contribution is -2.45. The number of carbonyl (C=O) groups excluding carboxylic acids is 2. The molecule has 10 nitrogen and oxygen atoms in total. The van der Waals surface area contributed by atoms with Gasteiger partial charge >= 0.3 is 0 Å². The van der Waals surface area contributed by atoms with Gasteiger partial charge in [0.1, 0.15) is 6.10 Å². The van der Waals surface area contributed by atoms with Crippen molar-refractivity contribution in [1.82, 2.24) is 10.2 Å². The molecule has 0 radical (unpaired) electrons. The van der Waals surface area contributed by atoms with E-state index < -0.39 is 6.23 Å². The lowest BCUT2D eigenvalue weighted by Gasteiger charge is -2.35. The SMILES string of the molecule is CC[C@H]1OC(C=O)N(Cc2ccc(NC(=O)c3ccno3)cc2)N=C1c1ccc(OC)c(OC2CCCC2)c1. The molecule has 10 heteroatoms. The van der Waals surface area contributed by atoms with Crippen molar-refractivity contribution in [3.8, 4) is 11.5 Å². The number of benzene rings is 2. The number of amides is 1. The Labute approximate surface area is 226 Å². The average Bonchev–Trinajstić information content (AvgIpc) is 3.69. The lowest BCUT2D eigenvalue weighted by atomic mass is 10.0. The predicted molar refractivity (Wildman–Crippen MR) is 144 cm³/mol. The van der Waals surface area contributed by atoms with Gasteiger partial charge in [-0.25, -0.2) is 0 Å². The molecule has 1 aliphatic heterocycles. The first kappa shape index (κ1) is 26.4. The normalized spacial score (nSPS) is 19.4. The van der Waals surface area contributed by atoms with Crippen LogP contribution in [-0.4, -0.2) is 53.6 Å². The van der Waals surface area contributed by atoms with Gasteiger partial charge in [-0.05, 0) is 68.0 Å². The summed E-state index contributed by atoms with van der Waals surface area (Å²) in [6.45, 7) is 2.34. The molecule has 1 unspecified atom stereocenters. The molecule has 2 aromatic carbocycles. The first-order valence-electron chi connectivity index (χ1n) is 13.2. The number of aldehydes is 1. The Balaban J connectivity index is 1.36. The largest absolute Gasteiger partial charge is 0.493 e. The van der Waals surface area contributed by atoms with E-state index in [4.69, 9.17) is 23.8 Å². The number of aromatic nitrogens is 1. The maximum atomic E-state index is 12.2. The highest BCUT2D eigenvalue weighted by molar-refractivity contribution is 6.04. The standard InChI is InChI=1S/C29H32N4O6/c1-3-23-28(20-10-13-24(36-2)26(16-20)37-22-6-4-5-7-22)32-33(27(18-34)38-23)17-19-8-11-21(12-9-19)31-29(35)25-14-15-30-39-25/h8-16,18,22-23,27H,3-7,17H2,1-2H3,(H,31,35)/t23-,27?/m1/s1. The smallest absolute Gasteiger partial charge is 0.294 e. The first-order chi connectivity index (χ1) is 19.1. The lowest BCUT2D eigenvalue weighted by molar-refractivity contribution is -0.139. The second-order valence-corrected chi connectivity index (χ2v) is 9.56. The Hall–Kier alpha value is -4.18. The minimum atomic E-state index is -0.822. The molecular formula is C29H32N4O6. The Kier molecular flexibility index (Phi) is 8.21. The minimum absolute atomic E-state index is 0.126. The molecule has 1 N–H and O–H groups in total. The number of hydrazone groups is 1. The number of anilines is 1. The molecule has 1 aromatic heterocycles. The summed E-state index contributed by atoms with van der Waals surface area (Å²) in [6.07, 6.45) is 6.24. The van der Waals surface area contributed by atoms with E-state index in [1.54, 1.807) is 24.3 Å². The Morgan fingerprint density at radius 1 is 1.13 bits per heavy atom. The zero-order chi connectivity index (χ0) is 27.2. The van der Waals surface area contributed by atoms with Crippen molar-refractivity contribution in [1.29, 1.82) is 0 Å². The topological polar surface area (TPSA) is 115 Å². The van der Waals surface area contributed by atoms with Crippen molar-refractivity contribution in [3.05, 3.63) is 71.6 Å². The van der Waals surface area contributed by atoms with Crippen molar-refractivity contribution >= 4 is 23.6 Å². The summed E-state index contributed by atoms with van der Waals surface area (Å²) >= 11 is 0. The quantitative estimate of drug-likeness (QED) is 0.371. The minimum Gasteiger partial charge on any atom is -0.493 e. The zero-order valence-corrected chi connectivity index (χ0v) is 22.0. The molecule has 1 fully saturated rings. The second-order valence-electron chi connectivity index (χ2n) is 9.56. The number of nitrogens with one attached hydrogen (secondary N) is 1. The van der Waals surface area contributed by atoms with Crippen LogP contribution in [-0.2, 0) is 16.1 Å². The van der Waals surface area contributed by atoms with Gasteiger partial charge in [-0.1, -0.05) is 24.2 Å². The van der Waals surface area contributed by atoms with Gasteiger partial charge in [0.25, 0.3) is 5.91 Å². The number of rotatable bonds is 10. The van der Waals surface area contributed by atoms with Crippen LogP contribution in [0, 0.1) is 0 Å². The molecule has 3 aromatic rings. The van der Waals surface area contributed by atoms with Gasteiger partial charge < -0.3 is 24.1 Å². The summed E-state index contributed by atoms with van der Waals surface area (Å²) < 4.78 is 22.9.